The second-order valence-electron chi connectivity index (χ2n) is 6.90. The summed E-state index contributed by atoms with van der Waals surface area (Å²) in [5, 5.41) is 20.9. The number of aromatic hydroxyl groups is 1. The summed E-state index contributed by atoms with van der Waals surface area (Å²) in [5.74, 6) is -0.600. The van der Waals surface area contributed by atoms with Crippen LogP contribution in [0, 0.1) is 10.1 Å². The number of nitro groups is 1. The Morgan fingerprint density at radius 1 is 1.03 bits per heavy atom. The first kappa shape index (κ1) is 24.3. The lowest BCUT2D eigenvalue weighted by atomic mass is 10.1. The number of anilines is 1. The first-order chi connectivity index (χ1) is 16.1. The van der Waals surface area contributed by atoms with Gasteiger partial charge in [-0.2, -0.15) is 0 Å². The van der Waals surface area contributed by atoms with Crippen LogP contribution in [-0.2, 0) is 10.0 Å². The van der Waals surface area contributed by atoms with Gasteiger partial charge in [0.25, 0.3) is 10.0 Å². The van der Waals surface area contributed by atoms with Crippen LogP contribution in [0.1, 0.15) is 15.9 Å². The Bertz CT molecular complexity index is 1350. The predicted octanol–water partition coefficient (Wildman–Crippen LogP) is 4.01. The number of ketones is 1. The molecule has 3 aromatic rings. The number of benzene rings is 3. The fourth-order valence-corrected chi connectivity index (χ4v) is 4.00. The molecule has 0 aliphatic rings. The average molecular weight is 484 g/mol. The lowest BCUT2D eigenvalue weighted by Gasteiger charge is -2.09. The van der Waals surface area contributed by atoms with Gasteiger partial charge in [-0.15, -0.1) is 0 Å². The first-order valence-corrected chi connectivity index (χ1v) is 11.2. The Balaban J connectivity index is 1.76. The summed E-state index contributed by atoms with van der Waals surface area (Å²) in [6.45, 7) is 0. The lowest BCUT2D eigenvalue weighted by Crippen LogP contribution is -2.13. The van der Waals surface area contributed by atoms with Crippen LogP contribution in [-0.4, -0.2) is 38.5 Å². The second kappa shape index (κ2) is 10.0. The van der Waals surface area contributed by atoms with Crippen molar-refractivity contribution in [3.63, 3.8) is 0 Å². The zero-order valence-corrected chi connectivity index (χ0v) is 18.9. The Labute approximate surface area is 195 Å². The quantitative estimate of drug-likeness (QED) is 0.200. The summed E-state index contributed by atoms with van der Waals surface area (Å²) >= 11 is 0. The zero-order valence-electron chi connectivity index (χ0n) is 18.1. The highest BCUT2D eigenvalue weighted by molar-refractivity contribution is 7.92. The van der Waals surface area contributed by atoms with Crippen molar-refractivity contribution in [2.45, 2.75) is 4.90 Å². The second-order valence-corrected chi connectivity index (χ2v) is 8.59. The summed E-state index contributed by atoms with van der Waals surface area (Å²) in [6.07, 6.45) is 2.50. The number of phenols is 1. The molecular weight excluding hydrogens is 464 g/mol. The van der Waals surface area contributed by atoms with Crippen LogP contribution in [0.3, 0.4) is 0 Å². The van der Waals surface area contributed by atoms with Gasteiger partial charge in [0.05, 0.1) is 24.0 Å². The van der Waals surface area contributed by atoms with Crippen LogP contribution in [0.2, 0.25) is 0 Å². The molecule has 3 aromatic carbocycles. The molecule has 0 bridgehead atoms. The van der Waals surface area contributed by atoms with E-state index in [1.54, 1.807) is 24.3 Å². The first-order valence-electron chi connectivity index (χ1n) is 9.69. The smallest absolute Gasteiger partial charge is 0.315 e. The van der Waals surface area contributed by atoms with Crippen LogP contribution in [0.25, 0.3) is 6.08 Å². The number of hydrogen-bond acceptors (Lipinski definition) is 8. The molecule has 0 aromatic heterocycles. The van der Waals surface area contributed by atoms with Gasteiger partial charge >= 0.3 is 5.69 Å². The number of nitrogens with zero attached hydrogens (tertiary/aromatic N) is 1. The number of ether oxygens (including phenoxy) is 2. The van der Waals surface area contributed by atoms with E-state index >= 15 is 0 Å². The highest BCUT2D eigenvalue weighted by Crippen LogP contribution is 2.37. The number of hydrogen-bond donors (Lipinski definition) is 2. The molecule has 0 aliphatic carbocycles. The predicted molar refractivity (Wildman–Crippen MR) is 125 cm³/mol. The molecule has 0 atom stereocenters. The fourth-order valence-electron chi connectivity index (χ4n) is 2.94. The van der Waals surface area contributed by atoms with E-state index in [0.717, 1.165) is 6.07 Å². The van der Waals surface area contributed by atoms with Crippen molar-refractivity contribution in [1.82, 2.24) is 0 Å². The molecule has 0 radical (unpaired) electrons. The molecule has 3 rings (SSSR count). The number of carbonyl (C=O) groups is 1. The third-order valence-electron chi connectivity index (χ3n) is 4.71. The molecule has 0 fully saturated rings. The van der Waals surface area contributed by atoms with E-state index in [2.05, 4.69) is 4.72 Å². The van der Waals surface area contributed by atoms with Gasteiger partial charge < -0.3 is 14.6 Å². The maximum Gasteiger partial charge on any atom is 0.315 e. The zero-order chi connectivity index (χ0) is 24.9. The Morgan fingerprint density at radius 3 is 2.24 bits per heavy atom. The molecule has 0 spiro atoms. The number of phenolic OH excluding ortho intramolecular Hbond substituents is 1. The van der Waals surface area contributed by atoms with Gasteiger partial charge in [-0.25, -0.2) is 8.42 Å². The van der Waals surface area contributed by atoms with E-state index in [1.165, 1.54) is 56.7 Å². The number of carbonyl (C=O) groups excluding carboxylic acids is 1. The number of sulfonamides is 1. The summed E-state index contributed by atoms with van der Waals surface area (Å²) in [6, 6.07) is 14.1. The van der Waals surface area contributed by atoms with E-state index in [4.69, 9.17) is 9.47 Å². The van der Waals surface area contributed by atoms with Crippen LogP contribution in [0.4, 0.5) is 11.4 Å². The van der Waals surface area contributed by atoms with Gasteiger partial charge in [-0.3, -0.25) is 19.6 Å². The average Bonchev–Trinajstić information content (AvgIpc) is 2.83. The molecule has 0 saturated carbocycles. The molecule has 0 saturated heterocycles. The minimum atomic E-state index is -3.88. The summed E-state index contributed by atoms with van der Waals surface area (Å²) in [7, 11) is -1.13. The monoisotopic (exact) mass is 484 g/mol. The molecule has 34 heavy (non-hydrogen) atoms. The molecule has 2 N–H and O–H groups in total. The third kappa shape index (κ3) is 5.51. The molecule has 0 amide bonds. The van der Waals surface area contributed by atoms with Crippen LogP contribution in [0.15, 0.2) is 71.6 Å². The van der Waals surface area contributed by atoms with E-state index in [0.29, 0.717) is 11.4 Å². The summed E-state index contributed by atoms with van der Waals surface area (Å²) < 4.78 is 37.6. The van der Waals surface area contributed by atoms with E-state index in [1.807, 2.05) is 0 Å². The van der Waals surface area contributed by atoms with Crippen LogP contribution in [0.5, 0.6) is 17.2 Å². The topological polar surface area (TPSA) is 145 Å². The van der Waals surface area contributed by atoms with Crippen molar-refractivity contribution in [3.05, 3.63) is 88.0 Å². The molecule has 11 heteroatoms. The highest BCUT2D eigenvalue weighted by atomic mass is 32.2. The maximum absolute atomic E-state index is 12.6. The van der Waals surface area contributed by atoms with Gasteiger partial charge in [0, 0.05) is 17.3 Å². The van der Waals surface area contributed by atoms with Crippen molar-refractivity contribution >= 4 is 33.3 Å². The third-order valence-corrected chi connectivity index (χ3v) is 6.11. The molecule has 0 unspecified atom stereocenters. The van der Waals surface area contributed by atoms with Gasteiger partial charge in [0.1, 0.15) is 5.75 Å². The molecule has 0 heterocycles. The Morgan fingerprint density at radius 2 is 1.68 bits per heavy atom. The van der Waals surface area contributed by atoms with Crippen molar-refractivity contribution in [2.24, 2.45) is 0 Å². The maximum atomic E-state index is 12.6. The molecule has 176 valence electrons. The van der Waals surface area contributed by atoms with Crippen molar-refractivity contribution < 1.29 is 32.7 Å². The number of rotatable bonds is 9. The Kier molecular flexibility index (Phi) is 7.17. The minimum Gasteiger partial charge on any atom is -0.500 e. The standard InChI is InChI=1S/C23H20N2O8S/c1-32-18-8-6-17(7-9-18)24-34(30,31)19-10-4-16(5-11-19)21(26)12-3-15-13-20(25(28)29)23(27)22(14-15)33-2/h3-14,24,27H,1-2H3/b12-3+. The van der Waals surface area contributed by atoms with Crippen molar-refractivity contribution in [2.75, 3.05) is 18.9 Å². The van der Waals surface area contributed by atoms with Crippen molar-refractivity contribution in [1.29, 1.82) is 0 Å². The number of methoxy groups -OCH3 is 2. The SMILES string of the molecule is COc1ccc(NS(=O)(=O)c2ccc(C(=O)/C=C/c3cc(OC)c(O)c([N+](=O)[O-])c3)cc2)cc1. The molecule has 0 aliphatic heterocycles. The fraction of sp³-hybridized carbons (Fsp3) is 0.0870. The lowest BCUT2D eigenvalue weighted by molar-refractivity contribution is -0.386. The number of allylic oxidation sites excluding steroid dienone is 1. The van der Waals surface area contributed by atoms with Crippen LogP contribution >= 0.6 is 0 Å². The Hall–Kier alpha value is -4.38. The molecule has 10 nitrogen and oxygen atoms in total. The van der Waals surface area contributed by atoms with Crippen LogP contribution < -0.4 is 14.2 Å². The van der Waals surface area contributed by atoms with E-state index in [-0.39, 0.29) is 21.8 Å². The van der Waals surface area contributed by atoms with E-state index in [9.17, 15) is 28.4 Å². The van der Waals surface area contributed by atoms with E-state index < -0.39 is 32.2 Å². The largest absolute Gasteiger partial charge is 0.500 e. The molecular formula is C23H20N2O8S. The van der Waals surface area contributed by atoms with Gasteiger partial charge in [0.2, 0.25) is 5.75 Å². The van der Waals surface area contributed by atoms with Gasteiger partial charge in [-0.05, 0) is 66.2 Å². The minimum absolute atomic E-state index is 0.0391. The van der Waals surface area contributed by atoms with Crippen molar-refractivity contribution in [3.8, 4) is 17.2 Å². The normalized spacial score (nSPS) is 11.2. The number of nitro benzene ring substituents is 1. The highest BCUT2D eigenvalue weighted by Gasteiger charge is 2.19. The summed E-state index contributed by atoms with van der Waals surface area (Å²) in [5.41, 5.74) is 0.255. The summed E-state index contributed by atoms with van der Waals surface area (Å²) in [4.78, 5) is 22.8. The number of nitrogens with one attached hydrogen (secondary N) is 1. The van der Waals surface area contributed by atoms with Gasteiger partial charge in [0.15, 0.2) is 11.5 Å². The van der Waals surface area contributed by atoms with Gasteiger partial charge in [-0.1, -0.05) is 6.08 Å².